The molecule has 7 heteroatoms. The lowest BCUT2D eigenvalue weighted by Crippen LogP contribution is -2.41. The zero-order chi connectivity index (χ0) is 20.1. The third-order valence-corrected chi connectivity index (χ3v) is 6.84. The highest BCUT2D eigenvalue weighted by Crippen LogP contribution is 2.21. The predicted molar refractivity (Wildman–Crippen MR) is 108 cm³/mol. The molecule has 2 aromatic carbocycles. The Morgan fingerprint density at radius 2 is 1.71 bits per heavy atom. The van der Waals surface area contributed by atoms with Crippen LogP contribution in [0.4, 0.5) is 0 Å². The Morgan fingerprint density at radius 1 is 1.07 bits per heavy atom. The summed E-state index contributed by atoms with van der Waals surface area (Å²) < 4.78 is 32.6. The molecule has 1 fully saturated rings. The van der Waals surface area contributed by atoms with Gasteiger partial charge in [0.25, 0.3) is 5.91 Å². The molecule has 0 spiro atoms. The molecule has 1 aliphatic heterocycles. The molecule has 3 rings (SSSR count). The number of hydrogen-bond acceptors (Lipinski definition) is 4. The van der Waals surface area contributed by atoms with E-state index in [-0.39, 0.29) is 17.3 Å². The van der Waals surface area contributed by atoms with Crippen molar-refractivity contribution in [1.82, 2.24) is 9.62 Å². The Hall–Kier alpha value is -2.22. The minimum absolute atomic E-state index is 0.143. The van der Waals surface area contributed by atoms with Crippen molar-refractivity contribution < 1.29 is 17.9 Å². The molecule has 28 heavy (non-hydrogen) atoms. The van der Waals surface area contributed by atoms with Crippen LogP contribution in [0.5, 0.6) is 0 Å². The Kier molecular flexibility index (Phi) is 6.49. The molecule has 2 aromatic rings. The van der Waals surface area contributed by atoms with Gasteiger partial charge in [-0.25, -0.2) is 8.42 Å². The molecule has 0 aromatic heterocycles. The van der Waals surface area contributed by atoms with E-state index in [1.54, 1.807) is 36.4 Å². The highest BCUT2D eigenvalue weighted by molar-refractivity contribution is 7.89. The molecular weight excluding hydrogens is 376 g/mol. The molecule has 0 saturated carbocycles. The van der Waals surface area contributed by atoms with Crippen LogP contribution in [0, 0.1) is 0 Å². The third kappa shape index (κ3) is 4.60. The van der Waals surface area contributed by atoms with Crippen molar-refractivity contribution in [3.8, 4) is 0 Å². The molecule has 1 amide bonds. The molecule has 0 bridgehead atoms. The minimum Gasteiger partial charge on any atom is -0.379 e. The summed E-state index contributed by atoms with van der Waals surface area (Å²) in [7, 11) is -3.62. The molecule has 6 nitrogen and oxygen atoms in total. The van der Waals surface area contributed by atoms with Gasteiger partial charge in [0.2, 0.25) is 10.0 Å². The lowest BCUT2D eigenvalue weighted by molar-refractivity contribution is 0.0730. The van der Waals surface area contributed by atoms with E-state index in [2.05, 4.69) is 19.2 Å². The summed E-state index contributed by atoms with van der Waals surface area (Å²) >= 11 is 0. The van der Waals surface area contributed by atoms with Crippen LogP contribution in [-0.4, -0.2) is 44.9 Å². The van der Waals surface area contributed by atoms with Crippen molar-refractivity contribution >= 4 is 15.9 Å². The standard InChI is InChI=1S/C21H26N2O4S/c1-16(2)17-7-9-18(10-8-17)21(24)22-15-19-5-3-4-6-20(19)28(25,26)23-11-13-27-14-12-23/h3-10,16H,11-15H2,1-2H3,(H,22,24). The van der Waals surface area contributed by atoms with E-state index in [1.165, 1.54) is 9.87 Å². The van der Waals surface area contributed by atoms with Crippen LogP contribution >= 0.6 is 0 Å². The number of morpholine rings is 1. The van der Waals surface area contributed by atoms with Gasteiger partial charge in [-0.2, -0.15) is 4.31 Å². The normalized spacial score (nSPS) is 15.5. The van der Waals surface area contributed by atoms with Crippen molar-refractivity contribution in [3.05, 3.63) is 65.2 Å². The Morgan fingerprint density at radius 3 is 2.36 bits per heavy atom. The minimum atomic E-state index is -3.62. The fraction of sp³-hybridized carbons (Fsp3) is 0.381. The number of hydrogen-bond donors (Lipinski definition) is 1. The fourth-order valence-electron chi connectivity index (χ4n) is 3.12. The zero-order valence-corrected chi connectivity index (χ0v) is 17.0. The Bertz CT molecular complexity index is 918. The van der Waals surface area contributed by atoms with E-state index in [4.69, 9.17) is 4.74 Å². The number of benzene rings is 2. The van der Waals surface area contributed by atoms with Gasteiger partial charge in [-0.05, 0) is 35.2 Å². The largest absolute Gasteiger partial charge is 0.379 e. The van der Waals surface area contributed by atoms with Crippen molar-refractivity contribution in [2.24, 2.45) is 0 Å². The van der Waals surface area contributed by atoms with E-state index in [0.29, 0.717) is 43.3 Å². The Balaban J connectivity index is 1.73. The van der Waals surface area contributed by atoms with Gasteiger partial charge in [-0.3, -0.25) is 4.79 Å². The van der Waals surface area contributed by atoms with Crippen LogP contribution in [-0.2, 0) is 21.3 Å². The van der Waals surface area contributed by atoms with Gasteiger partial charge in [0.15, 0.2) is 0 Å². The van der Waals surface area contributed by atoms with Gasteiger partial charge in [0.05, 0.1) is 18.1 Å². The number of nitrogens with one attached hydrogen (secondary N) is 1. The van der Waals surface area contributed by atoms with Crippen LogP contribution in [0.15, 0.2) is 53.4 Å². The quantitative estimate of drug-likeness (QED) is 0.806. The molecule has 1 N–H and O–H groups in total. The highest BCUT2D eigenvalue weighted by Gasteiger charge is 2.28. The Labute approximate surface area is 166 Å². The van der Waals surface area contributed by atoms with Crippen LogP contribution in [0.1, 0.15) is 41.3 Å². The number of amides is 1. The summed E-state index contributed by atoms with van der Waals surface area (Å²) in [5.41, 5.74) is 2.29. The molecule has 0 unspecified atom stereocenters. The van der Waals surface area contributed by atoms with Gasteiger partial charge >= 0.3 is 0 Å². The topological polar surface area (TPSA) is 75.7 Å². The second-order valence-corrected chi connectivity index (χ2v) is 8.99. The van der Waals surface area contributed by atoms with Gasteiger partial charge in [-0.1, -0.05) is 44.2 Å². The smallest absolute Gasteiger partial charge is 0.251 e. The van der Waals surface area contributed by atoms with Crippen LogP contribution in [0.25, 0.3) is 0 Å². The molecule has 1 heterocycles. The summed E-state index contributed by atoms with van der Waals surface area (Å²) in [4.78, 5) is 12.7. The molecule has 1 saturated heterocycles. The van der Waals surface area contributed by atoms with Gasteiger partial charge in [-0.15, -0.1) is 0 Å². The fourth-order valence-corrected chi connectivity index (χ4v) is 4.75. The molecule has 0 atom stereocenters. The number of carbonyl (C=O) groups excluding carboxylic acids is 1. The zero-order valence-electron chi connectivity index (χ0n) is 16.2. The maximum Gasteiger partial charge on any atom is 0.251 e. The summed E-state index contributed by atoms with van der Waals surface area (Å²) in [6.45, 7) is 5.80. The van der Waals surface area contributed by atoms with Crippen LogP contribution < -0.4 is 5.32 Å². The number of rotatable bonds is 6. The number of carbonyl (C=O) groups is 1. The van der Waals surface area contributed by atoms with Gasteiger partial charge < -0.3 is 10.1 Å². The van der Waals surface area contributed by atoms with Crippen LogP contribution in [0.2, 0.25) is 0 Å². The van der Waals surface area contributed by atoms with Crippen molar-refractivity contribution in [2.75, 3.05) is 26.3 Å². The monoisotopic (exact) mass is 402 g/mol. The van der Waals surface area contributed by atoms with E-state index in [0.717, 1.165) is 0 Å². The highest BCUT2D eigenvalue weighted by atomic mass is 32.2. The molecular formula is C21H26N2O4S. The van der Waals surface area contributed by atoms with Gasteiger partial charge in [0, 0.05) is 25.2 Å². The summed E-state index contributed by atoms with van der Waals surface area (Å²) in [5, 5.41) is 2.83. The summed E-state index contributed by atoms with van der Waals surface area (Å²) in [6.07, 6.45) is 0. The first-order valence-corrected chi connectivity index (χ1v) is 10.9. The first-order chi connectivity index (χ1) is 13.4. The van der Waals surface area contributed by atoms with E-state index < -0.39 is 10.0 Å². The molecule has 150 valence electrons. The summed E-state index contributed by atoms with van der Waals surface area (Å²) in [5.74, 6) is 0.170. The number of ether oxygens (including phenoxy) is 1. The summed E-state index contributed by atoms with van der Waals surface area (Å²) in [6, 6.07) is 14.3. The first-order valence-electron chi connectivity index (χ1n) is 9.43. The molecule has 0 aliphatic carbocycles. The predicted octanol–water partition coefficient (Wildman–Crippen LogP) is 2.76. The lowest BCUT2D eigenvalue weighted by atomic mass is 10.0. The van der Waals surface area contributed by atoms with E-state index >= 15 is 0 Å². The number of sulfonamides is 1. The van der Waals surface area contributed by atoms with Gasteiger partial charge in [0.1, 0.15) is 0 Å². The third-order valence-electron chi connectivity index (χ3n) is 4.84. The second-order valence-electron chi connectivity index (χ2n) is 7.08. The van der Waals surface area contributed by atoms with Crippen LogP contribution in [0.3, 0.4) is 0 Å². The number of nitrogens with zero attached hydrogens (tertiary/aromatic N) is 1. The van der Waals surface area contributed by atoms with E-state index in [1.807, 2.05) is 12.1 Å². The lowest BCUT2D eigenvalue weighted by Gasteiger charge is -2.27. The van der Waals surface area contributed by atoms with E-state index in [9.17, 15) is 13.2 Å². The van der Waals surface area contributed by atoms with Crippen molar-refractivity contribution in [2.45, 2.75) is 31.2 Å². The second kappa shape index (κ2) is 8.86. The maximum absolute atomic E-state index is 13.0. The molecule has 0 radical (unpaired) electrons. The maximum atomic E-state index is 13.0. The average Bonchev–Trinajstić information content (AvgIpc) is 2.73. The molecule has 1 aliphatic rings. The van der Waals surface area contributed by atoms with Crippen molar-refractivity contribution in [1.29, 1.82) is 0 Å². The SMILES string of the molecule is CC(C)c1ccc(C(=O)NCc2ccccc2S(=O)(=O)N2CCOCC2)cc1. The van der Waals surface area contributed by atoms with Crippen molar-refractivity contribution in [3.63, 3.8) is 0 Å². The average molecular weight is 403 g/mol. The first kappa shape index (κ1) is 20.5.